The van der Waals surface area contributed by atoms with Crippen molar-refractivity contribution in [2.24, 2.45) is 0 Å². The smallest absolute Gasteiger partial charge is 0.0915 e. The first-order chi connectivity index (χ1) is 17.9. The number of aliphatic hydroxyl groups is 2. The Morgan fingerprint density at radius 2 is 0.921 bits per heavy atom. The molecule has 3 aromatic carbocycles. The van der Waals surface area contributed by atoms with Gasteiger partial charge in [0.1, 0.15) is 0 Å². The Kier molecular flexibility index (Phi) is 11.4. The predicted molar refractivity (Wildman–Crippen MR) is 160 cm³/mol. The molecule has 0 saturated heterocycles. The molecule has 0 aromatic heterocycles. The maximum absolute atomic E-state index is 10.5. The molecule has 3 aromatic rings. The molecule has 206 valence electrons. The van der Waals surface area contributed by atoms with Gasteiger partial charge in [-0.3, -0.25) is 0 Å². The molecule has 0 aliphatic carbocycles. The van der Waals surface area contributed by atoms with Crippen molar-refractivity contribution in [3.8, 4) is 0 Å². The number of anilines is 2. The van der Waals surface area contributed by atoms with E-state index in [0.29, 0.717) is 55.7 Å². The van der Waals surface area contributed by atoms with E-state index >= 15 is 0 Å². The quantitative estimate of drug-likeness (QED) is 0.143. The van der Waals surface area contributed by atoms with E-state index < -0.39 is 12.2 Å². The highest BCUT2D eigenvalue weighted by molar-refractivity contribution is 6.39. The number of hydrogen-bond donors (Lipinski definition) is 6. The number of rotatable bonds is 12. The highest BCUT2D eigenvalue weighted by atomic mass is 35.5. The predicted octanol–water partition coefficient (Wildman–Crippen LogP) is 5.97. The fourth-order valence-corrected chi connectivity index (χ4v) is 5.12. The average Bonchev–Trinajstić information content (AvgIpc) is 2.88. The summed E-state index contributed by atoms with van der Waals surface area (Å²) in [6, 6.07) is 15.3. The normalized spacial score (nSPS) is 14.7. The van der Waals surface area contributed by atoms with Crippen LogP contribution < -0.4 is 22.1 Å². The van der Waals surface area contributed by atoms with E-state index in [1.54, 1.807) is 24.3 Å². The minimum Gasteiger partial charge on any atom is -0.396 e. The largest absolute Gasteiger partial charge is 0.396 e. The van der Waals surface area contributed by atoms with Gasteiger partial charge in [0.05, 0.1) is 43.7 Å². The van der Waals surface area contributed by atoms with E-state index in [0.717, 1.165) is 12.8 Å². The summed E-state index contributed by atoms with van der Waals surface area (Å²) in [7, 11) is 0. The summed E-state index contributed by atoms with van der Waals surface area (Å²) in [6.07, 6.45) is 0.111. The van der Waals surface area contributed by atoms with Crippen molar-refractivity contribution >= 4 is 57.8 Å². The summed E-state index contributed by atoms with van der Waals surface area (Å²) < 4.78 is 0. The summed E-state index contributed by atoms with van der Waals surface area (Å²) in [6.45, 7) is 4.86. The molecular weight excluding hydrogens is 566 g/mol. The van der Waals surface area contributed by atoms with Gasteiger partial charge in [0.25, 0.3) is 0 Å². The first-order valence-corrected chi connectivity index (χ1v) is 13.8. The zero-order valence-electron chi connectivity index (χ0n) is 21.3. The summed E-state index contributed by atoms with van der Waals surface area (Å²) in [5, 5.41) is 29.1. The van der Waals surface area contributed by atoms with Crippen LogP contribution in [0.3, 0.4) is 0 Å². The Balaban J connectivity index is 1.44. The van der Waals surface area contributed by atoms with Crippen molar-refractivity contribution in [2.45, 2.75) is 51.0 Å². The summed E-state index contributed by atoms with van der Waals surface area (Å²) in [4.78, 5) is 0. The lowest BCUT2D eigenvalue weighted by Gasteiger charge is -2.19. The maximum atomic E-state index is 10.5. The van der Waals surface area contributed by atoms with E-state index in [2.05, 4.69) is 48.7 Å². The van der Waals surface area contributed by atoms with Crippen LogP contribution in [-0.4, -0.2) is 35.4 Å². The Labute approximate surface area is 244 Å². The van der Waals surface area contributed by atoms with Crippen molar-refractivity contribution in [1.29, 1.82) is 0 Å². The molecular formula is C28H34Cl4N4O2. The topological polar surface area (TPSA) is 117 Å². The molecule has 0 heterocycles. The monoisotopic (exact) mass is 598 g/mol. The van der Waals surface area contributed by atoms with Crippen molar-refractivity contribution in [2.75, 3.05) is 24.6 Å². The molecule has 3 rings (SSSR count). The van der Waals surface area contributed by atoms with E-state index in [9.17, 15) is 10.2 Å². The van der Waals surface area contributed by atoms with Crippen LogP contribution in [0.25, 0.3) is 0 Å². The SMILES string of the molecule is C[C@H](Cc1ccc(C[C@@H](C)NCC(O)c2cc(Cl)c(N)c(Cl)c2)cc1)NCC(O)c1cc(Cl)c(N)c(Cl)c1. The molecule has 0 saturated carbocycles. The van der Waals surface area contributed by atoms with Crippen LogP contribution in [0.4, 0.5) is 11.4 Å². The van der Waals surface area contributed by atoms with Crippen LogP contribution in [-0.2, 0) is 12.8 Å². The third-order valence-corrected chi connectivity index (χ3v) is 7.65. The van der Waals surface area contributed by atoms with E-state index in [4.69, 9.17) is 57.9 Å². The molecule has 4 atom stereocenters. The Morgan fingerprint density at radius 1 is 0.632 bits per heavy atom. The van der Waals surface area contributed by atoms with Gasteiger partial charge < -0.3 is 32.3 Å². The van der Waals surface area contributed by atoms with Gasteiger partial charge in [-0.25, -0.2) is 0 Å². The lowest BCUT2D eigenvalue weighted by molar-refractivity contribution is 0.170. The Bertz CT molecular complexity index is 1090. The lowest BCUT2D eigenvalue weighted by atomic mass is 10.0. The Hall–Kier alpha value is -1.74. The van der Waals surface area contributed by atoms with Gasteiger partial charge >= 0.3 is 0 Å². The number of nitrogens with one attached hydrogen (secondary N) is 2. The second kappa shape index (κ2) is 14.1. The van der Waals surface area contributed by atoms with Crippen molar-refractivity contribution in [3.05, 3.63) is 90.9 Å². The van der Waals surface area contributed by atoms with Crippen LogP contribution in [0.15, 0.2) is 48.5 Å². The van der Waals surface area contributed by atoms with Crippen LogP contribution in [0.1, 0.15) is 48.3 Å². The third-order valence-electron chi connectivity index (χ3n) is 6.40. The van der Waals surface area contributed by atoms with E-state index in [1.165, 1.54) is 11.1 Å². The van der Waals surface area contributed by atoms with Crippen molar-refractivity contribution in [3.63, 3.8) is 0 Å². The average molecular weight is 600 g/mol. The fraction of sp³-hybridized carbons (Fsp3) is 0.357. The number of hydrogen-bond acceptors (Lipinski definition) is 6. The molecule has 2 unspecified atom stereocenters. The third kappa shape index (κ3) is 8.63. The summed E-state index contributed by atoms with van der Waals surface area (Å²) >= 11 is 24.3. The maximum Gasteiger partial charge on any atom is 0.0915 e. The molecule has 6 nitrogen and oxygen atoms in total. The van der Waals surface area contributed by atoms with Gasteiger partial charge in [0.2, 0.25) is 0 Å². The number of nitrogen functional groups attached to an aromatic ring is 2. The highest BCUT2D eigenvalue weighted by Crippen LogP contribution is 2.32. The summed E-state index contributed by atoms with van der Waals surface area (Å²) in [5.41, 5.74) is 15.8. The van der Waals surface area contributed by atoms with Crippen LogP contribution in [0, 0.1) is 0 Å². The van der Waals surface area contributed by atoms with Crippen molar-refractivity contribution in [1.82, 2.24) is 10.6 Å². The number of benzene rings is 3. The molecule has 0 aliphatic rings. The molecule has 0 aliphatic heterocycles. The van der Waals surface area contributed by atoms with Crippen molar-refractivity contribution < 1.29 is 10.2 Å². The van der Waals surface area contributed by atoms with E-state index in [1.807, 2.05) is 0 Å². The first kappa shape index (κ1) is 30.8. The fourth-order valence-electron chi connectivity index (χ4n) is 4.12. The van der Waals surface area contributed by atoms with Gasteiger partial charge in [-0.2, -0.15) is 0 Å². The molecule has 0 fully saturated rings. The number of halogens is 4. The van der Waals surface area contributed by atoms with E-state index in [-0.39, 0.29) is 12.1 Å². The second-order valence-corrected chi connectivity index (χ2v) is 11.3. The Morgan fingerprint density at radius 3 is 1.21 bits per heavy atom. The van der Waals surface area contributed by atoms with Gasteiger partial charge in [-0.15, -0.1) is 0 Å². The zero-order chi connectivity index (χ0) is 28.0. The molecule has 0 radical (unpaired) electrons. The molecule has 0 bridgehead atoms. The molecule has 38 heavy (non-hydrogen) atoms. The number of nitrogens with two attached hydrogens (primary N) is 2. The molecule has 0 spiro atoms. The van der Waals surface area contributed by atoms with Gasteiger partial charge in [-0.1, -0.05) is 70.7 Å². The van der Waals surface area contributed by atoms with Crippen LogP contribution >= 0.6 is 46.4 Å². The van der Waals surface area contributed by atoms with Crippen LogP contribution in [0.2, 0.25) is 20.1 Å². The van der Waals surface area contributed by atoms with Gasteiger partial charge in [-0.05, 0) is 73.2 Å². The minimum atomic E-state index is -0.753. The van der Waals surface area contributed by atoms with Crippen LogP contribution in [0.5, 0.6) is 0 Å². The lowest BCUT2D eigenvalue weighted by Crippen LogP contribution is -2.32. The second-order valence-electron chi connectivity index (χ2n) is 9.67. The molecule has 10 heteroatoms. The first-order valence-electron chi connectivity index (χ1n) is 12.3. The molecule has 0 amide bonds. The zero-order valence-corrected chi connectivity index (χ0v) is 24.3. The highest BCUT2D eigenvalue weighted by Gasteiger charge is 2.15. The summed E-state index contributed by atoms with van der Waals surface area (Å²) in [5.74, 6) is 0. The van der Waals surface area contributed by atoms with Gasteiger partial charge in [0.15, 0.2) is 0 Å². The van der Waals surface area contributed by atoms with Gasteiger partial charge in [0, 0.05) is 25.2 Å². The number of aliphatic hydroxyl groups excluding tert-OH is 2. The molecule has 8 N–H and O–H groups in total. The minimum absolute atomic E-state index is 0.146. The standard InChI is InChI=1S/C28H34Cl4N4O2/c1-15(35-13-25(37)19-9-21(29)27(33)22(30)10-19)7-17-3-5-18(6-4-17)8-16(2)36-14-26(38)20-11-23(31)28(34)24(32)12-20/h3-6,9-12,15-16,25-26,35-38H,7-8,13-14,33-34H2,1-2H3/t15-,16-,25?,26?/m1/s1.